The van der Waals surface area contributed by atoms with Crippen LogP contribution in [0.15, 0.2) is 152 Å². The molecule has 57 heavy (non-hydrogen) atoms. The molecule has 1 nitrogen and oxygen atoms in total. The molecule has 0 aliphatic heterocycles. The van der Waals surface area contributed by atoms with Gasteiger partial charge in [-0.05, 0) is 165 Å². The maximum Gasteiger partial charge on any atom is 0.0465 e. The Hall–Kier alpha value is -5.40. The second-order valence-electron chi connectivity index (χ2n) is 18.4. The zero-order valence-corrected chi connectivity index (χ0v) is 33.6. The zero-order chi connectivity index (χ0) is 38.1. The fourth-order valence-electron chi connectivity index (χ4n) is 11.7. The lowest BCUT2D eigenvalue weighted by Crippen LogP contribution is -2.16. The average molecular weight is 740 g/mol. The van der Waals surface area contributed by atoms with E-state index in [4.69, 9.17) is 0 Å². The first-order valence-corrected chi connectivity index (χ1v) is 21.9. The summed E-state index contributed by atoms with van der Waals surface area (Å²) in [6, 6.07) is 58.3. The molecule has 4 aliphatic carbocycles. The average Bonchev–Trinajstić information content (AvgIpc) is 3.97. The summed E-state index contributed by atoms with van der Waals surface area (Å²) in [5.41, 5.74) is 17.2. The van der Waals surface area contributed by atoms with E-state index in [2.05, 4.69) is 170 Å². The van der Waals surface area contributed by atoms with Crippen LogP contribution in [-0.2, 0) is 5.41 Å². The van der Waals surface area contributed by atoms with Gasteiger partial charge in [-0.15, -0.1) is 0 Å². The molecule has 3 atom stereocenters. The third kappa shape index (κ3) is 6.05. The molecule has 0 heterocycles. The molecule has 0 aromatic heterocycles. The van der Waals surface area contributed by atoms with Crippen molar-refractivity contribution in [1.29, 1.82) is 0 Å². The molecular formula is C56H53N. The van der Waals surface area contributed by atoms with Gasteiger partial charge in [-0.2, -0.15) is 0 Å². The quantitative estimate of drug-likeness (QED) is 0.157. The molecule has 3 unspecified atom stereocenters. The van der Waals surface area contributed by atoms with E-state index in [1.807, 2.05) is 0 Å². The number of anilines is 3. The van der Waals surface area contributed by atoms with E-state index in [1.165, 1.54) is 141 Å². The van der Waals surface area contributed by atoms with E-state index in [0.717, 1.165) is 17.8 Å². The smallest absolute Gasteiger partial charge is 0.0465 e. The standard InChI is InChI=1S/C56H53N/c1-56(2)54-31-24-45(50-17-9-13-40-12-6-7-16-49(40)50)35-53(54)51-30-29-48(36-55(51)56)57(47-27-22-41(23-28-47)52-33-37-18-19-44(52)32-37)46-25-20-39(21-26-46)43-15-8-14-42(34-43)38-10-4-3-5-11-38/h6-9,12-17,20-31,34-38,44,52H,3-5,10-11,18-19,32-33H2,1-2H3. The van der Waals surface area contributed by atoms with Crippen LogP contribution in [0.25, 0.3) is 44.2 Å². The summed E-state index contributed by atoms with van der Waals surface area (Å²) in [6.45, 7) is 4.81. The summed E-state index contributed by atoms with van der Waals surface area (Å²) in [5.74, 6) is 3.26. The van der Waals surface area contributed by atoms with E-state index in [1.54, 1.807) is 0 Å². The Labute approximate surface area is 339 Å². The largest absolute Gasteiger partial charge is 0.310 e. The Bertz CT molecular complexity index is 2600. The number of hydrogen-bond acceptors (Lipinski definition) is 1. The normalized spacial score (nSPS) is 20.8. The first-order valence-electron chi connectivity index (χ1n) is 21.9. The minimum atomic E-state index is -0.123. The third-order valence-electron chi connectivity index (χ3n) is 14.8. The van der Waals surface area contributed by atoms with E-state index in [-0.39, 0.29) is 5.41 Å². The molecule has 0 saturated heterocycles. The summed E-state index contributed by atoms with van der Waals surface area (Å²) >= 11 is 0. The molecule has 0 radical (unpaired) electrons. The van der Waals surface area contributed by atoms with Gasteiger partial charge in [0.25, 0.3) is 0 Å². The van der Waals surface area contributed by atoms with E-state index in [0.29, 0.717) is 5.92 Å². The zero-order valence-electron chi connectivity index (χ0n) is 33.6. The highest BCUT2D eigenvalue weighted by Crippen LogP contribution is 2.54. The minimum Gasteiger partial charge on any atom is -0.310 e. The Morgan fingerprint density at radius 2 is 1.21 bits per heavy atom. The highest BCUT2D eigenvalue weighted by atomic mass is 15.1. The van der Waals surface area contributed by atoms with Crippen LogP contribution < -0.4 is 4.90 Å². The predicted octanol–water partition coefficient (Wildman–Crippen LogP) is 15.9. The SMILES string of the molecule is CC1(C)c2ccc(-c3cccc4ccccc34)cc2-c2ccc(N(c3ccc(-c4cccc(C5CCCCC5)c4)cc3)c3ccc(C4CC5CCC4C5)cc3)cc21. The lowest BCUT2D eigenvalue weighted by Gasteiger charge is -2.29. The number of rotatable bonds is 7. The summed E-state index contributed by atoms with van der Waals surface area (Å²) in [4.78, 5) is 2.49. The Morgan fingerprint density at radius 1 is 0.474 bits per heavy atom. The summed E-state index contributed by atoms with van der Waals surface area (Å²) in [6.07, 6.45) is 12.4. The molecule has 3 fully saturated rings. The van der Waals surface area contributed by atoms with Gasteiger partial charge in [0, 0.05) is 22.5 Å². The van der Waals surface area contributed by atoms with Crippen LogP contribution in [0.3, 0.4) is 0 Å². The summed E-state index contributed by atoms with van der Waals surface area (Å²) in [7, 11) is 0. The van der Waals surface area contributed by atoms with Gasteiger partial charge >= 0.3 is 0 Å². The van der Waals surface area contributed by atoms with Crippen molar-refractivity contribution >= 4 is 27.8 Å². The highest BCUT2D eigenvalue weighted by molar-refractivity contribution is 5.98. The molecule has 3 saturated carbocycles. The number of fused-ring (bicyclic) bond motifs is 6. The van der Waals surface area contributed by atoms with Gasteiger partial charge in [0.15, 0.2) is 0 Å². The van der Waals surface area contributed by atoms with Gasteiger partial charge in [0.1, 0.15) is 0 Å². The van der Waals surface area contributed by atoms with Crippen molar-refractivity contribution in [2.45, 2.75) is 88.9 Å². The predicted molar refractivity (Wildman–Crippen MR) is 241 cm³/mol. The summed E-state index contributed by atoms with van der Waals surface area (Å²) in [5, 5.41) is 2.59. The van der Waals surface area contributed by atoms with Crippen LogP contribution in [0.5, 0.6) is 0 Å². The molecule has 7 aromatic carbocycles. The maximum absolute atomic E-state index is 2.49. The van der Waals surface area contributed by atoms with Gasteiger partial charge in [-0.1, -0.05) is 149 Å². The monoisotopic (exact) mass is 739 g/mol. The third-order valence-corrected chi connectivity index (χ3v) is 14.8. The number of nitrogens with zero attached hydrogens (tertiary/aromatic N) is 1. The lowest BCUT2D eigenvalue weighted by atomic mass is 9.82. The molecule has 0 spiro atoms. The van der Waals surface area contributed by atoms with E-state index in [9.17, 15) is 0 Å². The van der Waals surface area contributed by atoms with Crippen LogP contribution in [0.4, 0.5) is 17.1 Å². The number of benzene rings is 7. The second-order valence-corrected chi connectivity index (χ2v) is 18.4. The second kappa shape index (κ2) is 13.9. The molecule has 7 aromatic rings. The van der Waals surface area contributed by atoms with Crippen molar-refractivity contribution in [2.24, 2.45) is 11.8 Å². The first-order chi connectivity index (χ1) is 28.0. The van der Waals surface area contributed by atoms with Gasteiger partial charge in [-0.3, -0.25) is 0 Å². The van der Waals surface area contributed by atoms with E-state index < -0.39 is 0 Å². The fraction of sp³-hybridized carbons (Fsp3) is 0.286. The Kier molecular flexibility index (Phi) is 8.50. The molecule has 11 rings (SSSR count). The maximum atomic E-state index is 2.49. The van der Waals surface area contributed by atoms with Crippen LogP contribution >= 0.6 is 0 Å². The molecule has 2 bridgehead atoms. The van der Waals surface area contributed by atoms with Crippen LogP contribution in [0.1, 0.15) is 106 Å². The van der Waals surface area contributed by atoms with Gasteiger partial charge < -0.3 is 4.90 Å². The Balaban J connectivity index is 0.975. The van der Waals surface area contributed by atoms with Crippen LogP contribution in [0.2, 0.25) is 0 Å². The first kappa shape index (κ1) is 34.8. The lowest BCUT2D eigenvalue weighted by molar-refractivity contribution is 0.420. The van der Waals surface area contributed by atoms with Crippen LogP contribution in [-0.4, -0.2) is 0 Å². The van der Waals surface area contributed by atoms with Crippen LogP contribution in [0, 0.1) is 11.8 Å². The molecule has 1 heteroatoms. The fourth-order valence-corrected chi connectivity index (χ4v) is 11.7. The van der Waals surface area contributed by atoms with Crippen molar-refractivity contribution in [1.82, 2.24) is 0 Å². The van der Waals surface area contributed by atoms with Gasteiger partial charge in [0.05, 0.1) is 0 Å². The van der Waals surface area contributed by atoms with E-state index >= 15 is 0 Å². The number of hydrogen-bond donors (Lipinski definition) is 0. The van der Waals surface area contributed by atoms with Gasteiger partial charge in [0.2, 0.25) is 0 Å². The molecule has 282 valence electrons. The highest BCUT2D eigenvalue weighted by Gasteiger charge is 2.40. The van der Waals surface area contributed by atoms with Crippen molar-refractivity contribution in [3.63, 3.8) is 0 Å². The molecule has 0 N–H and O–H groups in total. The van der Waals surface area contributed by atoms with Crippen molar-refractivity contribution in [2.75, 3.05) is 4.90 Å². The topological polar surface area (TPSA) is 3.24 Å². The van der Waals surface area contributed by atoms with Gasteiger partial charge in [-0.25, -0.2) is 0 Å². The van der Waals surface area contributed by atoms with Crippen molar-refractivity contribution < 1.29 is 0 Å². The minimum absolute atomic E-state index is 0.123. The van der Waals surface area contributed by atoms with Crippen molar-refractivity contribution in [3.8, 4) is 33.4 Å². The molecule has 0 amide bonds. The summed E-state index contributed by atoms with van der Waals surface area (Å²) < 4.78 is 0. The molecule has 4 aliphatic rings. The van der Waals surface area contributed by atoms with Crippen molar-refractivity contribution in [3.05, 3.63) is 174 Å². The molecular weight excluding hydrogens is 687 g/mol. The Morgan fingerprint density at radius 3 is 2.00 bits per heavy atom.